The first-order valence-electron chi connectivity index (χ1n) is 3.94. The summed E-state index contributed by atoms with van der Waals surface area (Å²) in [5, 5.41) is 2.93. The molecular formula is C8H17N3. The van der Waals surface area contributed by atoms with Gasteiger partial charge in [-0.3, -0.25) is 4.99 Å². The fourth-order valence-corrected chi connectivity index (χ4v) is 0.585. The molecule has 3 nitrogen and oxygen atoms in total. The van der Waals surface area contributed by atoms with Crippen LogP contribution in [0.3, 0.4) is 0 Å². The lowest BCUT2D eigenvalue weighted by atomic mass is 10.3. The third kappa shape index (κ3) is 9.17. The maximum Gasteiger partial charge on any atom is 0.0825 e. The topological polar surface area (TPSA) is 50.4 Å². The predicted molar refractivity (Wildman–Crippen MR) is 49.8 cm³/mol. The molecule has 0 bridgehead atoms. The Kier molecular flexibility index (Phi) is 8.48. The number of allylic oxidation sites excluding steroid dienone is 1. The zero-order chi connectivity index (χ0) is 8.36. The van der Waals surface area contributed by atoms with Crippen LogP contribution < -0.4 is 11.1 Å². The van der Waals surface area contributed by atoms with Gasteiger partial charge in [0, 0.05) is 6.54 Å². The molecule has 1 aliphatic rings. The van der Waals surface area contributed by atoms with Gasteiger partial charge in [-0.2, -0.15) is 0 Å². The summed E-state index contributed by atoms with van der Waals surface area (Å²) >= 11 is 0. The first-order chi connectivity index (χ1) is 5.41. The Morgan fingerprint density at radius 3 is 2.73 bits per heavy atom. The molecule has 64 valence electrons. The standard InChI is InChI=1S/C5H11N.C3H6N2/c1-2-3-4-5-6;1-2-5-3-4-1/h2H,1,3-6H2;3H,1-2H2,(H,4,5). The van der Waals surface area contributed by atoms with Gasteiger partial charge in [-0.25, -0.2) is 0 Å². The number of hydrogen-bond donors (Lipinski definition) is 2. The smallest absolute Gasteiger partial charge is 0.0825 e. The van der Waals surface area contributed by atoms with Crippen molar-refractivity contribution in [3.05, 3.63) is 12.7 Å². The van der Waals surface area contributed by atoms with Crippen molar-refractivity contribution in [2.24, 2.45) is 10.7 Å². The van der Waals surface area contributed by atoms with E-state index < -0.39 is 0 Å². The number of hydrogen-bond acceptors (Lipinski definition) is 3. The van der Waals surface area contributed by atoms with Crippen molar-refractivity contribution in [1.29, 1.82) is 0 Å². The molecule has 0 amide bonds. The molecule has 0 atom stereocenters. The minimum atomic E-state index is 0.784. The van der Waals surface area contributed by atoms with Crippen molar-refractivity contribution in [2.75, 3.05) is 19.6 Å². The van der Waals surface area contributed by atoms with Crippen molar-refractivity contribution in [3.8, 4) is 0 Å². The normalized spacial score (nSPS) is 13.2. The molecule has 1 heterocycles. The Morgan fingerprint density at radius 2 is 2.55 bits per heavy atom. The number of aliphatic imine (C=N–C) groups is 1. The molecule has 0 unspecified atom stereocenters. The van der Waals surface area contributed by atoms with Gasteiger partial charge in [0.05, 0.1) is 12.9 Å². The zero-order valence-corrected chi connectivity index (χ0v) is 6.92. The Balaban J connectivity index is 0.000000183. The predicted octanol–water partition coefficient (Wildman–Crippen LogP) is 0.529. The van der Waals surface area contributed by atoms with Crippen molar-refractivity contribution < 1.29 is 0 Å². The fourth-order valence-electron chi connectivity index (χ4n) is 0.585. The van der Waals surface area contributed by atoms with Crippen molar-refractivity contribution in [3.63, 3.8) is 0 Å². The molecular weight excluding hydrogens is 138 g/mol. The molecule has 1 aliphatic heterocycles. The number of unbranched alkanes of at least 4 members (excludes halogenated alkanes) is 1. The van der Waals surface area contributed by atoms with Gasteiger partial charge >= 0.3 is 0 Å². The zero-order valence-electron chi connectivity index (χ0n) is 6.92. The fraction of sp³-hybridized carbons (Fsp3) is 0.625. The number of nitrogens with one attached hydrogen (secondary N) is 1. The van der Waals surface area contributed by atoms with Crippen LogP contribution >= 0.6 is 0 Å². The summed E-state index contributed by atoms with van der Waals surface area (Å²) in [6.07, 6.45) is 5.74. The highest BCUT2D eigenvalue weighted by molar-refractivity contribution is 5.56. The van der Waals surface area contributed by atoms with Gasteiger partial charge in [-0.15, -0.1) is 6.58 Å². The van der Waals surface area contributed by atoms with Gasteiger partial charge in [0.1, 0.15) is 0 Å². The van der Waals surface area contributed by atoms with Crippen LogP contribution in [-0.2, 0) is 0 Å². The molecule has 0 aromatic carbocycles. The highest BCUT2D eigenvalue weighted by Crippen LogP contribution is 1.82. The van der Waals surface area contributed by atoms with Crippen molar-refractivity contribution >= 4 is 6.34 Å². The monoisotopic (exact) mass is 155 g/mol. The average molecular weight is 155 g/mol. The molecule has 0 spiro atoms. The van der Waals surface area contributed by atoms with Gasteiger partial charge in [-0.1, -0.05) is 6.08 Å². The van der Waals surface area contributed by atoms with E-state index in [2.05, 4.69) is 16.9 Å². The van der Waals surface area contributed by atoms with Gasteiger partial charge < -0.3 is 11.1 Å². The SMILES string of the molecule is C1=NCCN1.C=CCCCN. The van der Waals surface area contributed by atoms with E-state index in [4.69, 9.17) is 5.73 Å². The Bertz CT molecular complexity index is 104. The van der Waals surface area contributed by atoms with E-state index in [1.807, 2.05) is 6.08 Å². The summed E-state index contributed by atoms with van der Waals surface area (Å²) in [7, 11) is 0. The van der Waals surface area contributed by atoms with Gasteiger partial charge in [-0.05, 0) is 19.4 Å². The molecule has 0 aromatic rings. The lowest BCUT2D eigenvalue weighted by Gasteiger charge is -1.82. The van der Waals surface area contributed by atoms with Crippen LogP contribution in [0.15, 0.2) is 17.6 Å². The van der Waals surface area contributed by atoms with E-state index in [0.29, 0.717) is 0 Å². The van der Waals surface area contributed by atoms with Crippen LogP contribution in [0.4, 0.5) is 0 Å². The third-order valence-corrected chi connectivity index (χ3v) is 1.18. The van der Waals surface area contributed by atoms with Crippen LogP contribution in [0.5, 0.6) is 0 Å². The van der Waals surface area contributed by atoms with E-state index in [1.54, 1.807) is 6.34 Å². The minimum Gasteiger partial charge on any atom is -0.375 e. The van der Waals surface area contributed by atoms with Crippen LogP contribution in [-0.4, -0.2) is 26.0 Å². The third-order valence-electron chi connectivity index (χ3n) is 1.18. The quantitative estimate of drug-likeness (QED) is 0.461. The largest absolute Gasteiger partial charge is 0.375 e. The average Bonchev–Trinajstić information content (AvgIpc) is 2.57. The summed E-state index contributed by atoms with van der Waals surface area (Å²) in [5.41, 5.74) is 5.17. The molecule has 0 radical (unpaired) electrons. The van der Waals surface area contributed by atoms with Gasteiger partial charge in [0.25, 0.3) is 0 Å². The Morgan fingerprint density at radius 1 is 1.73 bits per heavy atom. The lowest BCUT2D eigenvalue weighted by molar-refractivity contribution is 0.856. The van der Waals surface area contributed by atoms with E-state index >= 15 is 0 Å². The molecule has 0 saturated heterocycles. The molecule has 1 rings (SSSR count). The lowest BCUT2D eigenvalue weighted by Crippen LogP contribution is -2.04. The molecule has 3 N–H and O–H groups in total. The number of rotatable bonds is 3. The molecule has 0 saturated carbocycles. The minimum absolute atomic E-state index is 0.784. The maximum atomic E-state index is 5.17. The second-order valence-electron chi connectivity index (χ2n) is 2.21. The van der Waals surface area contributed by atoms with Crippen LogP contribution in [0.1, 0.15) is 12.8 Å². The summed E-state index contributed by atoms with van der Waals surface area (Å²) in [4.78, 5) is 3.85. The second-order valence-corrected chi connectivity index (χ2v) is 2.21. The maximum absolute atomic E-state index is 5.17. The van der Waals surface area contributed by atoms with Crippen LogP contribution in [0.2, 0.25) is 0 Å². The first kappa shape index (κ1) is 10.2. The van der Waals surface area contributed by atoms with Crippen molar-refractivity contribution in [1.82, 2.24) is 5.32 Å². The molecule has 0 fully saturated rings. The molecule has 3 heteroatoms. The molecule has 0 aromatic heterocycles. The van der Waals surface area contributed by atoms with Crippen molar-refractivity contribution in [2.45, 2.75) is 12.8 Å². The highest BCUT2D eigenvalue weighted by atomic mass is 15.0. The van der Waals surface area contributed by atoms with Crippen LogP contribution in [0.25, 0.3) is 0 Å². The molecule has 11 heavy (non-hydrogen) atoms. The van der Waals surface area contributed by atoms with Crippen LogP contribution in [0, 0.1) is 0 Å². The summed E-state index contributed by atoms with van der Waals surface area (Å²) in [6, 6.07) is 0. The second kappa shape index (κ2) is 9.17. The van der Waals surface area contributed by atoms with E-state index in [-0.39, 0.29) is 0 Å². The van der Waals surface area contributed by atoms with Gasteiger partial charge in [0.2, 0.25) is 0 Å². The van der Waals surface area contributed by atoms with Gasteiger partial charge in [0.15, 0.2) is 0 Å². The van der Waals surface area contributed by atoms with E-state index in [9.17, 15) is 0 Å². The highest BCUT2D eigenvalue weighted by Gasteiger charge is 1.82. The number of nitrogens with two attached hydrogens (primary N) is 1. The van der Waals surface area contributed by atoms with E-state index in [0.717, 1.165) is 32.5 Å². The Hall–Kier alpha value is -0.830. The first-order valence-corrected chi connectivity index (χ1v) is 3.94. The Labute approximate surface area is 68.4 Å². The summed E-state index contributed by atoms with van der Waals surface area (Å²) in [6.45, 7) is 6.31. The summed E-state index contributed by atoms with van der Waals surface area (Å²) < 4.78 is 0. The summed E-state index contributed by atoms with van der Waals surface area (Å²) in [5.74, 6) is 0. The van der Waals surface area contributed by atoms with E-state index in [1.165, 1.54) is 0 Å². The number of nitrogens with zero attached hydrogens (tertiary/aromatic N) is 1. The molecule has 0 aliphatic carbocycles.